The van der Waals surface area contributed by atoms with Gasteiger partial charge in [0, 0.05) is 16.7 Å². The molecule has 0 saturated heterocycles. The van der Waals surface area contributed by atoms with Crippen LogP contribution in [-0.4, -0.2) is 24.9 Å². The van der Waals surface area contributed by atoms with Crippen LogP contribution in [0.2, 0.25) is 0 Å². The van der Waals surface area contributed by atoms with E-state index >= 15 is 0 Å². The summed E-state index contributed by atoms with van der Waals surface area (Å²) in [5, 5.41) is 8.65. The number of rotatable bonds is 3. The van der Waals surface area contributed by atoms with E-state index in [0.717, 1.165) is 34.0 Å². The average Bonchev–Trinajstić information content (AvgIpc) is 2.46. The molecule has 0 aromatic heterocycles. The minimum atomic E-state index is -0.734. The van der Waals surface area contributed by atoms with E-state index in [9.17, 15) is 4.79 Å². The molecule has 0 aliphatic carbocycles. The Kier molecular flexibility index (Phi) is 4.70. The van der Waals surface area contributed by atoms with E-state index < -0.39 is 12.1 Å². The molecule has 0 saturated carbocycles. The molecular formula is C15H15NO3S. The standard InChI is InChI=1S/C15H15NO3S/c1-10(9-16)19-15(17)7-11-5-6-20-14-4-3-12(18-2)8-13(11)14/h3-4,7-8,10H,5-6H2,1-2H3. The van der Waals surface area contributed by atoms with E-state index in [2.05, 4.69) is 0 Å². The van der Waals surface area contributed by atoms with Gasteiger partial charge in [0.15, 0.2) is 6.10 Å². The maximum atomic E-state index is 11.8. The molecule has 4 nitrogen and oxygen atoms in total. The summed E-state index contributed by atoms with van der Waals surface area (Å²) in [4.78, 5) is 12.9. The predicted molar refractivity (Wildman–Crippen MR) is 77.5 cm³/mol. The van der Waals surface area contributed by atoms with Crippen LogP contribution in [0.1, 0.15) is 18.9 Å². The molecule has 20 heavy (non-hydrogen) atoms. The molecule has 1 heterocycles. The highest BCUT2D eigenvalue weighted by Crippen LogP contribution is 2.38. The largest absolute Gasteiger partial charge is 0.497 e. The first-order valence-corrected chi connectivity index (χ1v) is 7.24. The van der Waals surface area contributed by atoms with E-state index in [1.165, 1.54) is 6.08 Å². The lowest BCUT2D eigenvalue weighted by Gasteiger charge is -2.19. The number of hydrogen-bond acceptors (Lipinski definition) is 5. The molecule has 1 atom stereocenters. The van der Waals surface area contributed by atoms with Crippen LogP contribution >= 0.6 is 11.8 Å². The number of thioether (sulfide) groups is 1. The monoisotopic (exact) mass is 289 g/mol. The molecule has 1 aromatic rings. The quantitative estimate of drug-likeness (QED) is 0.632. The third-order valence-electron chi connectivity index (χ3n) is 2.93. The number of carbonyl (C=O) groups is 1. The smallest absolute Gasteiger partial charge is 0.332 e. The molecule has 0 bridgehead atoms. The lowest BCUT2D eigenvalue weighted by Crippen LogP contribution is -2.11. The second-order valence-electron chi connectivity index (χ2n) is 4.34. The van der Waals surface area contributed by atoms with Crippen LogP contribution < -0.4 is 4.74 Å². The van der Waals surface area contributed by atoms with Crippen molar-refractivity contribution in [3.05, 3.63) is 29.8 Å². The molecule has 104 valence electrons. The van der Waals surface area contributed by atoms with Gasteiger partial charge in [-0.3, -0.25) is 0 Å². The lowest BCUT2D eigenvalue weighted by atomic mass is 10.0. The Bertz CT molecular complexity index is 589. The summed E-state index contributed by atoms with van der Waals surface area (Å²) in [7, 11) is 1.62. The van der Waals surface area contributed by atoms with Crippen molar-refractivity contribution >= 4 is 23.3 Å². The summed E-state index contributed by atoms with van der Waals surface area (Å²) in [5.41, 5.74) is 1.93. The number of nitriles is 1. The number of allylic oxidation sites excluding steroid dienone is 1. The minimum absolute atomic E-state index is 0.477. The normalized spacial score (nSPS) is 16.9. The van der Waals surface area contributed by atoms with Gasteiger partial charge in [0.2, 0.25) is 0 Å². The number of esters is 1. The van der Waals surface area contributed by atoms with E-state index in [1.807, 2.05) is 24.3 Å². The topological polar surface area (TPSA) is 59.3 Å². The summed E-state index contributed by atoms with van der Waals surface area (Å²) in [6.07, 6.45) is 1.54. The Morgan fingerprint density at radius 1 is 1.55 bits per heavy atom. The number of methoxy groups -OCH3 is 1. The highest BCUT2D eigenvalue weighted by atomic mass is 32.2. The zero-order chi connectivity index (χ0) is 14.5. The van der Waals surface area contributed by atoms with Gasteiger partial charge in [0.1, 0.15) is 11.8 Å². The number of carbonyl (C=O) groups excluding carboxylic acids is 1. The first-order valence-electron chi connectivity index (χ1n) is 6.26. The van der Waals surface area contributed by atoms with Crippen LogP contribution in [-0.2, 0) is 9.53 Å². The van der Waals surface area contributed by atoms with Crippen LogP contribution in [0, 0.1) is 11.3 Å². The van der Waals surface area contributed by atoms with E-state index in [-0.39, 0.29) is 0 Å². The summed E-state index contributed by atoms with van der Waals surface area (Å²) in [6.45, 7) is 1.55. The first kappa shape index (κ1) is 14.5. The molecule has 0 amide bonds. The second-order valence-corrected chi connectivity index (χ2v) is 5.48. The first-order chi connectivity index (χ1) is 9.63. The zero-order valence-corrected chi connectivity index (χ0v) is 12.2. The van der Waals surface area contributed by atoms with Gasteiger partial charge in [-0.25, -0.2) is 4.79 Å². The molecule has 0 fully saturated rings. The van der Waals surface area contributed by atoms with Gasteiger partial charge in [-0.1, -0.05) is 0 Å². The van der Waals surface area contributed by atoms with Crippen LogP contribution in [0.5, 0.6) is 5.75 Å². The van der Waals surface area contributed by atoms with E-state index in [0.29, 0.717) is 0 Å². The Hall–Kier alpha value is -1.93. The van der Waals surface area contributed by atoms with Crippen molar-refractivity contribution < 1.29 is 14.3 Å². The Morgan fingerprint density at radius 2 is 2.35 bits per heavy atom. The number of benzene rings is 1. The van der Waals surface area contributed by atoms with Crippen molar-refractivity contribution in [2.45, 2.75) is 24.3 Å². The third kappa shape index (κ3) is 3.34. The van der Waals surface area contributed by atoms with Crippen molar-refractivity contribution in [2.24, 2.45) is 0 Å². The number of nitrogens with zero attached hydrogens (tertiary/aromatic N) is 1. The van der Waals surface area contributed by atoms with Gasteiger partial charge in [0.25, 0.3) is 0 Å². The van der Waals surface area contributed by atoms with Gasteiger partial charge < -0.3 is 9.47 Å². The molecular weight excluding hydrogens is 274 g/mol. The maximum absolute atomic E-state index is 11.8. The predicted octanol–water partition coefficient (Wildman–Crippen LogP) is 3.03. The van der Waals surface area contributed by atoms with Crippen molar-refractivity contribution in [3.63, 3.8) is 0 Å². The summed E-state index contributed by atoms with van der Waals surface area (Å²) >= 11 is 1.76. The molecule has 1 aromatic carbocycles. The van der Waals surface area contributed by atoms with Crippen molar-refractivity contribution in [1.82, 2.24) is 0 Å². The van der Waals surface area contributed by atoms with Gasteiger partial charge in [-0.05, 0) is 42.7 Å². The Morgan fingerprint density at radius 3 is 3.05 bits per heavy atom. The minimum Gasteiger partial charge on any atom is -0.497 e. The number of hydrogen-bond donors (Lipinski definition) is 0. The van der Waals surface area contributed by atoms with Crippen LogP contribution in [0.15, 0.2) is 29.2 Å². The Balaban J connectivity index is 2.27. The molecule has 1 aliphatic heterocycles. The fourth-order valence-electron chi connectivity index (χ4n) is 1.95. The summed E-state index contributed by atoms with van der Waals surface area (Å²) < 4.78 is 10.2. The lowest BCUT2D eigenvalue weighted by molar-refractivity contribution is -0.139. The fraction of sp³-hybridized carbons (Fsp3) is 0.333. The maximum Gasteiger partial charge on any atom is 0.332 e. The molecule has 5 heteroatoms. The van der Waals surface area contributed by atoms with E-state index in [4.69, 9.17) is 14.7 Å². The molecule has 1 unspecified atom stereocenters. The van der Waals surface area contributed by atoms with Crippen LogP contribution in [0.4, 0.5) is 0 Å². The van der Waals surface area contributed by atoms with E-state index in [1.54, 1.807) is 25.8 Å². The van der Waals surface area contributed by atoms with Gasteiger partial charge >= 0.3 is 5.97 Å². The summed E-state index contributed by atoms with van der Waals surface area (Å²) in [6, 6.07) is 7.70. The Labute approximate surface area is 122 Å². The average molecular weight is 289 g/mol. The molecule has 0 radical (unpaired) electrons. The highest BCUT2D eigenvalue weighted by Gasteiger charge is 2.17. The van der Waals surface area contributed by atoms with Gasteiger partial charge in [0.05, 0.1) is 7.11 Å². The molecule has 0 spiro atoms. The number of ether oxygens (including phenoxy) is 2. The van der Waals surface area contributed by atoms with Crippen molar-refractivity contribution in [1.29, 1.82) is 5.26 Å². The van der Waals surface area contributed by atoms with Crippen molar-refractivity contribution in [2.75, 3.05) is 12.9 Å². The molecule has 2 rings (SSSR count). The molecule has 1 aliphatic rings. The number of fused-ring (bicyclic) bond motifs is 1. The van der Waals surface area contributed by atoms with Gasteiger partial charge in [-0.2, -0.15) is 5.26 Å². The SMILES string of the molecule is COc1ccc2c(c1)C(=CC(=O)OC(C)C#N)CCS2. The second kappa shape index (κ2) is 6.49. The fourth-order valence-corrected chi connectivity index (χ4v) is 3.00. The summed E-state index contributed by atoms with van der Waals surface area (Å²) in [5.74, 6) is 1.21. The third-order valence-corrected chi connectivity index (χ3v) is 4.00. The highest BCUT2D eigenvalue weighted by molar-refractivity contribution is 7.99. The van der Waals surface area contributed by atoms with Crippen LogP contribution in [0.3, 0.4) is 0 Å². The zero-order valence-electron chi connectivity index (χ0n) is 11.4. The van der Waals surface area contributed by atoms with Crippen LogP contribution in [0.25, 0.3) is 5.57 Å². The molecule has 0 N–H and O–H groups in total. The van der Waals surface area contributed by atoms with Crippen molar-refractivity contribution in [3.8, 4) is 11.8 Å². The van der Waals surface area contributed by atoms with Gasteiger partial charge in [-0.15, -0.1) is 11.8 Å².